The van der Waals surface area contributed by atoms with E-state index in [-0.39, 0.29) is 16.9 Å². The van der Waals surface area contributed by atoms with Gasteiger partial charge in [-0.2, -0.15) is 0 Å². The molecule has 2 heteroatoms. The molecule has 0 unspecified atom stereocenters. The largest absolute Gasteiger partial charge is 0.393 e. The number of hydrogen-bond donors (Lipinski definition) is 2. The van der Waals surface area contributed by atoms with Crippen molar-refractivity contribution in [1.29, 1.82) is 0 Å². The fourth-order valence-electron chi connectivity index (χ4n) is 8.57. The smallest absolute Gasteiger partial charge is 0.0604 e. The predicted octanol–water partition coefficient (Wildman–Crippen LogP) is 7.07. The Balaban J connectivity index is 1.74. The average molecular weight is 406 g/mol. The van der Waals surface area contributed by atoms with E-state index in [1.54, 1.807) is 0 Å². The Morgan fingerprint density at radius 3 is 2.63 bits per heavy atom. The van der Waals surface area contributed by atoms with E-state index in [2.05, 4.69) is 69.7 Å². The molecule has 0 radical (unpaired) electrons. The van der Waals surface area contributed by atoms with Crippen molar-refractivity contribution in [3.8, 4) is 0 Å². The molecule has 0 aliphatic heterocycles. The van der Waals surface area contributed by atoms with Crippen molar-refractivity contribution in [3.63, 3.8) is 0 Å². The van der Waals surface area contributed by atoms with Crippen LogP contribution in [0.2, 0.25) is 0 Å². The maximum absolute atomic E-state index is 11.7. The number of H-pyrrole nitrogens is 1. The Morgan fingerprint density at radius 1 is 1.10 bits per heavy atom. The van der Waals surface area contributed by atoms with E-state index in [0.29, 0.717) is 29.6 Å². The van der Waals surface area contributed by atoms with E-state index >= 15 is 0 Å². The van der Waals surface area contributed by atoms with E-state index in [1.165, 1.54) is 41.3 Å². The second-order valence-electron chi connectivity index (χ2n) is 11.3. The van der Waals surface area contributed by atoms with Crippen LogP contribution >= 0.6 is 0 Å². The molecule has 1 aromatic carbocycles. The summed E-state index contributed by atoms with van der Waals surface area (Å²) in [6.07, 6.45) is 9.10. The van der Waals surface area contributed by atoms with Crippen LogP contribution in [0.5, 0.6) is 0 Å². The zero-order chi connectivity index (χ0) is 21.3. The summed E-state index contributed by atoms with van der Waals surface area (Å²) in [5, 5.41) is 13.1. The van der Waals surface area contributed by atoms with Gasteiger partial charge in [0.25, 0.3) is 0 Å². The zero-order valence-electron chi connectivity index (χ0n) is 19.2. The summed E-state index contributed by atoms with van der Waals surface area (Å²) >= 11 is 0. The lowest BCUT2D eigenvalue weighted by molar-refractivity contribution is -0.228. The van der Waals surface area contributed by atoms with Crippen LogP contribution < -0.4 is 0 Å². The second kappa shape index (κ2) is 6.99. The summed E-state index contributed by atoms with van der Waals surface area (Å²) in [6, 6.07) is 8.76. The van der Waals surface area contributed by atoms with Crippen LogP contribution in [0.25, 0.3) is 10.9 Å². The van der Waals surface area contributed by atoms with Gasteiger partial charge in [-0.05, 0) is 92.1 Å². The number of aliphatic hydroxyl groups excluding tert-OH is 1. The molecular weight excluding hydrogens is 366 g/mol. The van der Waals surface area contributed by atoms with Crippen LogP contribution in [0.15, 0.2) is 42.6 Å². The number of allylic oxidation sites excluding steroid dienone is 1. The lowest BCUT2D eigenvalue weighted by atomic mass is 9.35. The van der Waals surface area contributed by atoms with Gasteiger partial charge in [-0.25, -0.2) is 0 Å². The van der Waals surface area contributed by atoms with E-state index in [1.807, 2.05) is 0 Å². The molecule has 3 fully saturated rings. The zero-order valence-corrected chi connectivity index (χ0v) is 19.2. The highest BCUT2D eigenvalue weighted by Gasteiger charge is 2.67. The van der Waals surface area contributed by atoms with Crippen molar-refractivity contribution >= 4 is 10.9 Å². The first kappa shape index (κ1) is 20.4. The van der Waals surface area contributed by atoms with E-state index in [9.17, 15) is 5.11 Å². The SMILES string of the molecule is C=C(C)[C@H]1CC[C@@]23[C@@H]([C@@H]1c1c[nH]c4ccccc14)[C@@H](C)CC[C@]2(C)[C@@H](C)CC[C@H]3O. The summed E-state index contributed by atoms with van der Waals surface area (Å²) in [5.74, 6) is 2.74. The number of para-hydroxylation sites is 1. The van der Waals surface area contributed by atoms with Crippen molar-refractivity contribution in [2.75, 3.05) is 0 Å². The van der Waals surface area contributed by atoms with Crippen LogP contribution in [-0.4, -0.2) is 16.2 Å². The first-order chi connectivity index (χ1) is 14.3. The molecule has 5 rings (SSSR count). The molecule has 1 aromatic heterocycles. The number of hydrogen-bond acceptors (Lipinski definition) is 1. The van der Waals surface area contributed by atoms with Crippen LogP contribution in [0.4, 0.5) is 0 Å². The van der Waals surface area contributed by atoms with Crippen LogP contribution in [0, 0.1) is 34.5 Å². The third kappa shape index (κ3) is 2.52. The molecule has 1 spiro atoms. The van der Waals surface area contributed by atoms with Crippen LogP contribution in [0.3, 0.4) is 0 Å². The molecule has 0 bridgehead atoms. The van der Waals surface area contributed by atoms with Gasteiger partial charge in [-0.1, -0.05) is 51.1 Å². The highest BCUT2D eigenvalue weighted by atomic mass is 16.3. The summed E-state index contributed by atoms with van der Waals surface area (Å²) in [6.45, 7) is 14.2. The van der Waals surface area contributed by atoms with Crippen molar-refractivity contribution < 1.29 is 5.11 Å². The Labute approximate surface area is 182 Å². The molecule has 1 heterocycles. The number of rotatable bonds is 2. The number of benzene rings is 1. The maximum atomic E-state index is 11.7. The van der Waals surface area contributed by atoms with Crippen molar-refractivity contribution in [1.82, 2.24) is 4.98 Å². The minimum atomic E-state index is -0.176. The molecule has 0 amide bonds. The molecule has 3 aliphatic carbocycles. The number of aromatic amines is 1. The molecule has 162 valence electrons. The van der Waals surface area contributed by atoms with Gasteiger partial charge in [-0.15, -0.1) is 0 Å². The Kier molecular flexibility index (Phi) is 4.74. The lowest BCUT2D eigenvalue weighted by Crippen LogP contribution is -2.65. The van der Waals surface area contributed by atoms with Gasteiger partial charge in [0.15, 0.2) is 0 Å². The summed E-state index contributed by atoms with van der Waals surface area (Å²) < 4.78 is 0. The van der Waals surface area contributed by atoms with Gasteiger partial charge >= 0.3 is 0 Å². The molecule has 30 heavy (non-hydrogen) atoms. The number of aromatic nitrogens is 1. The Morgan fingerprint density at radius 2 is 1.87 bits per heavy atom. The topological polar surface area (TPSA) is 36.0 Å². The standard InChI is InChI=1S/C28H39NO/c1-17(2)20-13-15-28-24(30)11-10-19(4)27(28,5)14-12-18(3)26(28)25(20)22-16-29-23-9-7-6-8-21(22)23/h6-9,16,18-20,24-26,29-30H,1,10-15H2,2-5H3/t18-,19-,20+,24+,25-,26+,27+,28+/m0/s1. The molecule has 3 aliphatic rings. The molecule has 8 atom stereocenters. The molecule has 2 aromatic rings. The normalized spacial score (nSPS) is 43.8. The first-order valence-electron chi connectivity index (χ1n) is 12.2. The summed E-state index contributed by atoms with van der Waals surface area (Å²) in [5.41, 5.74) is 4.27. The Bertz CT molecular complexity index is 958. The van der Waals surface area contributed by atoms with Crippen molar-refractivity contribution in [2.24, 2.45) is 34.5 Å². The lowest BCUT2D eigenvalue weighted by Gasteiger charge is -2.69. The van der Waals surface area contributed by atoms with Gasteiger partial charge in [0, 0.05) is 22.5 Å². The molecule has 2 nitrogen and oxygen atoms in total. The van der Waals surface area contributed by atoms with Gasteiger partial charge < -0.3 is 10.1 Å². The quantitative estimate of drug-likeness (QED) is 0.515. The van der Waals surface area contributed by atoms with E-state index in [0.717, 1.165) is 19.3 Å². The number of aliphatic hydroxyl groups is 1. The van der Waals surface area contributed by atoms with E-state index in [4.69, 9.17) is 0 Å². The molecular formula is C28H39NO. The molecule has 3 saturated carbocycles. The van der Waals surface area contributed by atoms with Crippen molar-refractivity contribution in [3.05, 3.63) is 48.2 Å². The predicted molar refractivity (Wildman–Crippen MR) is 125 cm³/mol. The Hall–Kier alpha value is -1.54. The average Bonchev–Trinajstić information content (AvgIpc) is 3.16. The summed E-state index contributed by atoms with van der Waals surface area (Å²) in [4.78, 5) is 3.56. The third-order valence-corrected chi connectivity index (χ3v) is 10.2. The number of nitrogens with one attached hydrogen (secondary N) is 1. The monoisotopic (exact) mass is 405 g/mol. The van der Waals surface area contributed by atoms with Crippen LogP contribution in [0.1, 0.15) is 77.7 Å². The fourth-order valence-corrected chi connectivity index (χ4v) is 8.57. The van der Waals surface area contributed by atoms with Gasteiger partial charge in [0.05, 0.1) is 6.10 Å². The fraction of sp³-hybridized carbons (Fsp3) is 0.643. The highest BCUT2D eigenvalue weighted by Crippen LogP contribution is 2.72. The minimum absolute atomic E-state index is 0.0251. The van der Waals surface area contributed by atoms with Crippen LogP contribution in [-0.2, 0) is 0 Å². The molecule has 0 saturated heterocycles. The van der Waals surface area contributed by atoms with E-state index < -0.39 is 0 Å². The third-order valence-electron chi connectivity index (χ3n) is 10.2. The second-order valence-corrected chi connectivity index (χ2v) is 11.3. The van der Waals surface area contributed by atoms with Gasteiger partial charge in [-0.3, -0.25) is 0 Å². The van der Waals surface area contributed by atoms with Crippen molar-refractivity contribution in [2.45, 2.75) is 78.2 Å². The minimum Gasteiger partial charge on any atom is -0.393 e. The first-order valence-corrected chi connectivity index (χ1v) is 12.2. The highest BCUT2D eigenvalue weighted by molar-refractivity contribution is 5.83. The van der Waals surface area contributed by atoms with Gasteiger partial charge in [0.1, 0.15) is 0 Å². The number of fused-ring (bicyclic) bond motifs is 1. The maximum Gasteiger partial charge on any atom is 0.0604 e. The summed E-state index contributed by atoms with van der Waals surface area (Å²) in [7, 11) is 0. The van der Waals surface area contributed by atoms with Gasteiger partial charge in [0.2, 0.25) is 0 Å². The molecule has 2 N–H and O–H groups in total.